The summed E-state index contributed by atoms with van der Waals surface area (Å²) in [6.07, 6.45) is 2.06. The lowest BCUT2D eigenvalue weighted by Crippen LogP contribution is -2.11. The summed E-state index contributed by atoms with van der Waals surface area (Å²) < 4.78 is 5.64. The van der Waals surface area contributed by atoms with Gasteiger partial charge < -0.3 is 4.74 Å². The van der Waals surface area contributed by atoms with Gasteiger partial charge in [0.2, 0.25) is 0 Å². The molecule has 0 N–H and O–H groups in total. The molecule has 1 heteroatoms. The lowest BCUT2D eigenvalue weighted by Gasteiger charge is -2.22. The van der Waals surface area contributed by atoms with Crippen LogP contribution in [0.3, 0.4) is 0 Å². The number of hydrogen-bond donors (Lipinski definition) is 0. The molecular weight excluding hydrogens is 256 g/mol. The van der Waals surface area contributed by atoms with Crippen molar-refractivity contribution < 1.29 is 4.74 Å². The molecule has 1 nitrogen and oxygen atoms in total. The predicted molar refractivity (Wildman–Crippen MR) is 94.4 cm³/mol. The van der Waals surface area contributed by atoms with Crippen molar-refractivity contribution in [2.45, 2.75) is 54.4 Å². The summed E-state index contributed by atoms with van der Waals surface area (Å²) in [5.41, 5.74) is 2.96. The largest absolute Gasteiger partial charge is 0.496 e. The van der Waals surface area contributed by atoms with Crippen LogP contribution in [0.15, 0.2) is 30.3 Å². The Hall–Kier alpha value is -1.50. The summed E-state index contributed by atoms with van der Waals surface area (Å²) in [6, 6.07) is 10.9. The zero-order valence-corrected chi connectivity index (χ0v) is 14.7. The third kappa shape index (κ3) is 4.23. The summed E-state index contributed by atoms with van der Waals surface area (Å²) in [5.74, 6) is 1.03. The van der Waals surface area contributed by atoms with E-state index in [4.69, 9.17) is 4.74 Å². The molecule has 21 heavy (non-hydrogen) atoms. The molecule has 0 fully saturated rings. The van der Waals surface area contributed by atoms with E-state index in [9.17, 15) is 0 Å². The minimum Gasteiger partial charge on any atom is -0.496 e. The highest BCUT2D eigenvalue weighted by Crippen LogP contribution is 2.35. The van der Waals surface area contributed by atoms with E-state index < -0.39 is 0 Å². The molecule has 0 aliphatic carbocycles. The molecule has 0 amide bonds. The van der Waals surface area contributed by atoms with Crippen LogP contribution in [0.2, 0.25) is 0 Å². The third-order valence-electron chi connectivity index (χ3n) is 3.51. The van der Waals surface area contributed by atoms with Gasteiger partial charge in [0.25, 0.3) is 0 Å². The summed E-state index contributed by atoms with van der Waals surface area (Å²) in [5, 5.41) is 2.71. The minimum absolute atomic E-state index is 0.254. The van der Waals surface area contributed by atoms with Crippen LogP contribution in [0.25, 0.3) is 10.8 Å². The first-order chi connectivity index (χ1) is 9.96. The molecule has 0 aromatic heterocycles. The fraction of sp³-hybridized carbons (Fsp3) is 0.500. The van der Waals surface area contributed by atoms with Crippen LogP contribution in [0.1, 0.15) is 52.7 Å². The van der Waals surface area contributed by atoms with Gasteiger partial charge in [0.15, 0.2) is 0 Å². The average molecular weight is 286 g/mol. The van der Waals surface area contributed by atoms with Gasteiger partial charge >= 0.3 is 0 Å². The molecule has 0 heterocycles. The maximum Gasteiger partial charge on any atom is 0.122 e. The van der Waals surface area contributed by atoms with Crippen molar-refractivity contribution in [3.63, 3.8) is 0 Å². The molecular formula is C20H30O. The number of benzene rings is 2. The average Bonchev–Trinajstić information content (AvgIpc) is 2.48. The molecule has 2 aromatic rings. The highest BCUT2D eigenvalue weighted by Gasteiger charge is 2.18. The fourth-order valence-electron chi connectivity index (χ4n) is 2.67. The second kappa shape index (κ2) is 7.49. The number of rotatable bonds is 3. The molecule has 0 radical (unpaired) electrons. The minimum atomic E-state index is 0.254. The molecule has 0 saturated carbocycles. The smallest absolute Gasteiger partial charge is 0.122 e. The number of methoxy groups -OCH3 is 1. The molecule has 2 rings (SSSR count). The lowest BCUT2D eigenvalue weighted by atomic mass is 9.84. The topological polar surface area (TPSA) is 9.23 Å². The van der Waals surface area contributed by atoms with Gasteiger partial charge in [-0.1, -0.05) is 65.8 Å². The number of aryl methyl sites for hydroxylation is 1. The Labute approximate surface area is 130 Å². The van der Waals surface area contributed by atoms with Gasteiger partial charge in [-0.15, -0.1) is 0 Å². The molecule has 0 spiro atoms. The van der Waals surface area contributed by atoms with Crippen LogP contribution in [-0.2, 0) is 12.8 Å². The van der Waals surface area contributed by atoms with Gasteiger partial charge in [0.05, 0.1) is 7.11 Å². The molecule has 0 aliphatic heterocycles. The molecule has 0 atom stereocenters. The Kier molecular flexibility index (Phi) is 6.26. The van der Waals surface area contributed by atoms with E-state index >= 15 is 0 Å². The maximum absolute atomic E-state index is 5.64. The van der Waals surface area contributed by atoms with Crippen molar-refractivity contribution in [3.05, 3.63) is 41.5 Å². The van der Waals surface area contributed by atoms with Crippen LogP contribution < -0.4 is 4.74 Å². The molecule has 2 aromatic carbocycles. The Balaban J connectivity index is 0.00000106. The van der Waals surface area contributed by atoms with Gasteiger partial charge in [-0.05, 0) is 40.7 Å². The van der Waals surface area contributed by atoms with Crippen LogP contribution in [0, 0.1) is 5.41 Å². The van der Waals surface area contributed by atoms with Crippen LogP contribution in [-0.4, -0.2) is 7.11 Å². The lowest BCUT2D eigenvalue weighted by molar-refractivity contribution is 0.380. The normalized spacial score (nSPS) is 11.0. The van der Waals surface area contributed by atoms with E-state index in [-0.39, 0.29) is 5.41 Å². The molecule has 0 unspecified atom stereocenters. The van der Waals surface area contributed by atoms with E-state index in [1.54, 1.807) is 7.11 Å². The van der Waals surface area contributed by atoms with Crippen molar-refractivity contribution in [2.24, 2.45) is 5.41 Å². The Morgan fingerprint density at radius 3 is 2.05 bits per heavy atom. The van der Waals surface area contributed by atoms with Gasteiger partial charge in [0, 0.05) is 5.56 Å². The van der Waals surface area contributed by atoms with E-state index in [0.717, 1.165) is 18.6 Å². The first-order valence-electron chi connectivity index (χ1n) is 8.03. The molecule has 116 valence electrons. The monoisotopic (exact) mass is 286 g/mol. The van der Waals surface area contributed by atoms with Gasteiger partial charge in [-0.2, -0.15) is 0 Å². The van der Waals surface area contributed by atoms with Gasteiger partial charge in [-0.25, -0.2) is 0 Å². The van der Waals surface area contributed by atoms with E-state index in [0.29, 0.717) is 0 Å². The summed E-state index contributed by atoms with van der Waals surface area (Å²) in [7, 11) is 1.77. The SMILES string of the molecule is CC.CCc1cc(OC)c(CC(C)(C)C)c2ccccc12. The van der Waals surface area contributed by atoms with Crippen LogP contribution in [0.5, 0.6) is 5.75 Å². The number of ether oxygens (including phenoxy) is 1. The second-order valence-electron chi connectivity index (χ2n) is 6.35. The summed E-state index contributed by atoms with van der Waals surface area (Å²) >= 11 is 0. The molecule has 0 bridgehead atoms. The van der Waals surface area contributed by atoms with E-state index in [2.05, 4.69) is 58.0 Å². The van der Waals surface area contributed by atoms with Crippen LogP contribution >= 0.6 is 0 Å². The second-order valence-corrected chi connectivity index (χ2v) is 6.35. The standard InChI is InChI=1S/C18H24O.C2H6/c1-6-13-11-17(19-5)16(12-18(2,3)4)15-10-8-7-9-14(13)15;1-2/h7-11H,6,12H2,1-5H3;1-2H3. The fourth-order valence-corrected chi connectivity index (χ4v) is 2.67. The van der Waals surface area contributed by atoms with Gasteiger partial charge in [0.1, 0.15) is 5.75 Å². The zero-order valence-electron chi connectivity index (χ0n) is 14.7. The van der Waals surface area contributed by atoms with E-state index in [1.165, 1.54) is 21.9 Å². The van der Waals surface area contributed by atoms with Crippen molar-refractivity contribution in [2.75, 3.05) is 7.11 Å². The quantitative estimate of drug-likeness (QED) is 0.669. The number of fused-ring (bicyclic) bond motifs is 1. The first kappa shape index (κ1) is 17.6. The highest BCUT2D eigenvalue weighted by atomic mass is 16.5. The Morgan fingerprint density at radius 1 is 1.00 bits per heavy atom. The van der Waals surface area contributed by atoms with Crippen molar-refractivity contribution >= 4 is 10.8 Å². The number of hydrogen-bond acceptors (Lipinski definition) is 1. The Bertz CT molecular complexity index is 576. The van der Waals surface area contributed by atoms with Crippen LogP contribution in [0.4, 0.5) is 0 Å². The third-order valence-corrected chi connectivity index (χ3v) is 3.51. The Morgan fingerprint density at radius 2 is 1.57 bits per heavy atom. The first-order valence-corrected chi connectivity index (χ1v) is 8.03. The maximum atomic E-state index is 5.64. The van der Waals surface area contributed by atoms with Crippen molar-refractivity contribution in [1.29, 1.82) is 0 Å². The summed E-state index contributed by atoms with van der Waals surface area (Å²) in [4.78, 5) is 0. The summed E-state index contributed by atoms with van der Waals surface area (Å²) in [6.45, 7) is 13.0. The zero-order chi connectivity index (χ0) is 16.0. The van der Waals surface area contributed by atoms with Crippen molar-refractivity contribution in [3.8, 4) is 5.75 Å². The predicted octanol–water partition coefficient (Wildman–Crippen LogP) is 6.03. The van der Waals surface area contributed by atoms with Crippen molar-refractivity contribution in [1.82, 2.24) is 0 Å². The van der Waals surface area contributed by atoms with Gasteiger partial charge in [-0.3, -0.25) is 0 Å². The highest BCUT2D eigenvalue weighted by molar-refractivity contribution is 5.90. The molecule has 0 aliphatic rings. The molecule has 0 saturated heterocycles. The van der Waals surface area contributed by atoms with E-state index in [1.807, 2.05) is 13.8 Å².